The highest BCUT2D eigenvalue weighted by atomic mass is 16.7. The van der Waals surface area contributed by atoms with E-state index in [4.69, 9.17) is 33.7 Å². The molecule has 12 heteroatoms. The molecule has 1 fully saturated rings. The van der Waals surface area contributed by atoms with Gasteiger partial charge >= 0.3 is 6.09 Å². The van der Waals surface area contributed by atoms with Crippen molar-refractivity contribution < 1.29 is 48.3 Å². The van der Waals surface area contributed by atoms with Crippen molar-refractivity contribution in [1.82, 2.24) is 4.90 Å². The summed E-state index contributed by atoms with van der Waals surface area (Å²) in [6.45, 7) is 10.7. The summed E-state index contributed by atoms with van der Waals surface area (Å²) in [6.07, 6.45) is 11.1. The quantitative estimate of drug-likeness (QED) is 0.0319. The number of oxime groups is 1. The molecule has 4 aromatic rings. The molecule has 12 nitrogen and oxygen atoms in total. The molecule has 0 spiro atoms. The number of amides is 1. The van der Waals surface area contributed by atoms with Gasteiger partial charge in [-0.1, -0.05) is 78.7 Å². The van der Waals surface area contributed by atoms with E-state index in [-0.39, 0.29) is 57.1 Å². The zero-order valence-electron chi connectivity index (χ0n) is 37.6. The van der Waals surface area contributed by atoms with Gasteiger partial charge in [0.15, 0.2) is 6.29 Å². The SMILES string of the molecule is C=CCCOC(=O)N(Cc1cccc2ccccc12)C1CC(=NOCC)C2=CC(CCCCO)C(CCCCO)C3c4cc(Oc5ccc(OC)c(C=O)c5)ccc4OC1(OCC=C)C23. The number of ether oxygens (including phenoxy) is 5. The number of carbonyl (C=O) groups excluding carboxylic acids is 2. The zero-order valence-corrected chi connectivity index (χ0v) is 37.6. The van der Waals surface area contributed by atoms with Crippen LogP contribution in [0, 0.1) is 17.8 Å². The van der Waals surface area contributed by atoms with E-state index in [0.717, 1.165) is 59.4 Å². The van der Waals surface area contributed by atoms with Gasteiger partial charge in [0, 0.05) is 31.1 Å². The molecule has 0 radical (unpaired) electrons. The lowest BCUT2D eigenvalue weighted by Crippen LogP contribution is -2.70. The summed E-state index contributed by atoms with van der Waals surface area (Å²) in [6, 6.07) is 24.2. The maximum absolute atomic E-state index is 14.9. The summed E-state index contributed by atoms with van der Waals surface area (Å²) in [4.78, 5) is 34.5. The van der Waals surface area contributed by atoms with Crippen LogP contribution >= 0.6 is 0 Å². The van der Waals surface area contributed by atoms with Crippen molar-refractivity contribution in [2.24, 2.45) is 22.9 Å². The van der Waals surface area contributed by atoms with Gasteiger partial charge in [0.2, 0.25) is 5.79 Å². The van der Waals surface area contributed by atoms with Crippen LogP contribution in [-0.2, 0) is 20.9 Å². The van der Waals surface area contributed by atoms with Crippen molar-refractivity contribution in [3.63, 3.8) is 0 Å². The molecule has 2 aliphatic carbocycles. The molecule has 0 aromatic heterocycles. The number of hydrogen-bond donors (Lipinski definition) is 2. The summed E-state index contributed by atoms with van der Waals surface area (Å²) in [5.41, 5.74) is 3.78. The molecule has 1 amide bonds. The van der Waals surface area contributed by atoms with Crippen LogP contribution in [0.4, 0.5) is 4.79 Å². The van der Waals surface area contributed by atoms with Crippen molar-refractivity contribution in [3.05, 3.63) is 133 Å². The minimum Gasteiger partial charge on any atom is -0.496 e. The molecule has 1 aliphatic heterocycles. The lowest BCUT2D eigenvalue weighted by molar-refractivity contribution is -0.256. The second-order valence-electron chi connectivity index (χ2n) is 16.8. The molecule has 1 heterocycles. The fourth-order valence-electron chi connectivity index (χ4n) is 10.1. The first-order valence-electron chi connectivity index (χ1n) is 22.9. The lowest BCUT2D eigenvalue weighted by Gasteiger charge is -2.59. The van der Waals surface area contributed by atoms with E-state index in [2.05, 4.69) is 37.4 Å². The number of carbonyl (C=O) groups is 2. The Morgan fingerprint density at radius 1 is 0.954 bits per heavy atom. The highest BCUT2D eigenvalue weighted by Gasteiger charge is 2.65. The maximum atomic E-state index is 14.9. The first-order valence-corrected chi connectivity index (χ1v) is 22.9. The van der Waals surface area contributed by atoms with E-state index >= 15 is 0 Å². The number of benzene rings is 4. The Labute approximate surface area is 382 Å². The fourth-order valence-corrected chi connectivity index (χ4v) is 10.1. The van der Waals surface area contributed by atoms with Crippen LogP contribution in [0.15, 0.2) is 121 Å². The maximum Gasteiger partial charge on any atom is 0.410 e. The van der Waals surface area contributed by atoms with Crippen molar-refractivity contribution >= 4 is 28.9 Å². The molecule has 0 bridgehead atoms. The van der Waals surface area contributed by atoms with Gasteiger partial charge in [0.05, 0.1) is 44.1 Å². The highest BCUT2D eigenvalue weighted by molar-refractivity contribution is 6.03. The monoisotopic (exact) mass is 886 g/mol. The Kier molecular flexibility index (Phi) is 16.1. The number of aliphatic hydroxyl groups is 2. The Hall–Kier alpha value is -5.95. The zero-order chi connectivity index (χ0) is 45.8. The predicted molar refractivity (Wildman–Crippen MR) is 251 cm³/mol. The predicted octanol–water partition coefficient (Wildman–Crippen LogP) is 10.3. The number of nitrogens with zero attached hydrogens (tertiary/aromatic N) is 2. The normalized spacial score (nSPS) is 22.4. The molecule has 3 aliphatic rings. The number of unbranched alkanes of at least 4 members (excludes halogenated alkanes) is 2. The van der Waals surface area contributed by atoms with Gasteiger partial charge in [0.25, 0.3) is 0 Å². The van der Waals surface area contributed by atoms with Crippen LogP contribution in [-0.4, -0.2) is 85.2 Å². The van der Waals surface area contributed by atoms with Crippen LogP contribution in [0.2, 0.25) is 0 Å². The summed E-state index contributed by atoms with van der Waals surface area (Å²) in [5, 5.41) is 26.8. The summed E-state index contributed by atoms with van der Waals surface area (Å²) >= 11 is 0. The van der Waals surface area contributed by atoms with E-state index in [1.807, 2.05) is 49.4 Å². The Morgan fingerprint density at radius 2 is 1.72 bits per heavy atom. The van der Waals surface area contributed by atoms with Gasteiger partial charge < -0.3 is 38.7 Å². The minimum atomic E-state index is -1.49. The van der Waals surface area contributed by atoms with Crippen LogP contribution in [0.1, 0.15) is 85.7 Å². The number of rotatable bonds is 23. The van der Waals surface area contributed by atoms with Gasteiger partial charge in [-0.25, -0.2) is 4.79 Å². The lowest BCUT2D eigenvalue weighted by atomic mass is 9.55. The number of hydrogen-bond acceptors (Lipinski definition) is 11. The third-order valence-corrected chi connectivity index (χ3v) is 12.9. The summed E-state index contributed by atoms with van der Waals surface area (Å²) in [7, 11) is 1.51. The molecule has 344 valence electrons. The first kappa shape index (κ1) is 47.0. The first-order chi connectivity index (χ1) is 31.8. The van der Waals surface area contributed by atoms with Crippen LogP contribution in [0.5, 0.6) is 23.0 Å². The molecule has 1 saturated carbocycles. The van der Waals surface area contributed by atoms with Crippen molar-refractivity contribution in [2.45, 2.75) is 82.6 Å². The van der Waals surface area contributed by atoms with Crippen molar-refractivity contribution in [3.8, 4) is 23.0 Å². The molecule has 65 heavy (non-hydrogen) atoms. The molecule has 4 aromatic carbocycles. The van der Waals surface area contributed by atoms with Gasteiger partial charge in [-0.2, -0.15) is 0 Å². The molecule has 6 unspecified atom stereocenters. The number of aliphatic hydroxyl groups excluding tert-OH is 2. The summed E-state index contributed by atoms with van der Waals surface area (Å²) in [5.74, 6) is -0.248. The Bertz CT molecular complexity index is 2350. The third kappa shape index (κ3) is 10.1. The van der Waals surface area contributed by atoms with Gasteiger partial charge in [0.1, 0.15) is 35.6 Å². The smallest absolute Gasteiger partial charge is 0.410 e. The molecule has 2 N–H and O–H groups in total. The topological polar surface area (TPSA) is 146 Å². The Balaban J connectivity index is 1.46. The van der Waals surface area contributed by atoms with Gasteiger partial charge in [-0.05, 0) is 109 Å². The molecular weight excluding hydrogens is 825 g/mol. The fraction of sp³-hybridized carbons (Fsp3) is 0.415. The molecule has 6 atom stereocenters. The average Bonchev–Trinajstić information content (AvgIpc) is 3.33. The van der Waals surface area contributed by atoms with E-state index in [9.17, 15) is 19.8 Å². The number of allylic oxidation sites excluding steroid dienone is 1. The molecule has 0 saturated heterocycles. The van der Waals surface area contributed by atoms with Crippen molar-refractivity contribution in [1.29, 1.82) is 0 Å². The van der Waals surface area contributed by atoms with Crippen LogP contribution in [0.25, 0.3) is 10.8 Å². The number of methoxy groups -OCH3 is 1. The van der Waals surface area contributed by atoms with Crippen LogP contribution in [0.3, 0.4) is 0 Å². The summed E-state index contributed by atoms with van der Waals surface area (Å²) < 4.78 is 32.5. The minimum absolute atomic E-state index is 0.000551. The van der Waals surface area contributed by atoms with E-state index in [1.165, 1.54) is 7.11 Å². The van der Waals surface area contributed by atoms with Crippen LogP contribution < -0.4 is 14.2 Å². The number of aldehydes is 1. The van der Waals surface area contributed by atoms with Gasteiger partial charge in [-0.3, -0.25) is 9.69 Å². The largest absolute Gasteiger partial charge is 0.496 e. The Morgan fingerprint density at radius 3 is 2.48 bits per heavy atom. The van der Waals surface area contributed by atoms with E-state index < -0.39 is 23.8 Å². The average molecular weight is 887 g/mol. The van der Waals surface area contributed by atoms with E-state index in [1.54, 1.807) is 35.3 Å². The molecular formula is C53H62N2O10. The second-order valence-corrected chi connectivity index (χ2v) is 16.8. The second kappa shape index (κ2) is 22.3. The third-order valence-electron chi connectivity index (χ3n) is 12.9. The standard InChI is InChI=1S/C53H62N2O10/c1-5-8-29-61-52(59)55(34-38-19-15-18-36-16-9-10-20-42(36)38)49-33-46(54-63-7-3)44-31-37(17-11-13-26-56)43(21-12-14-27-57)50-45-32-41(64-40-22-24-47(60-4)39(30-40)35-58)23-25-48(45)65-53(49,51(44)50)62-28-6-2/h5-6,9-10,15-16,18-20,22-25,30-32,35,37,43,49-51,56-57H,1-2,7-8,11-14,17,21,26-29,33-34H2,3-4H3. The van der Waals surface area contributed by atoms with Gasteiger partial charge in [-0.15, -0.1) is 13.2 Å². The number of fused-ring (bicyclic) bond motifs is 3. The highest BCUT2D eigenvalue weighted by Crippen LogP contribution is 2.62. The molecule has 7 rings (SSSR count). The van der Waals surface area contributed by atoms with Crippen molar-refractivity contribution in [2.75, 3.05) is 40.1 Å². The van der Waals surface area contributed by atoms with E-state index in [0.29, 0.717) is 60.1 Å².